The van der Waals surface area contributed by atoms with E-state index in [9.17, 15) is 30.7 Å². The highest BCUT2D eigenvalue weighted by Crippen LogP contribution is 2.34. The summed E-state index contributed by atoms with van der Waals surface area (Å²) in [5.41, 5.74) is -0.843. The van der Waals surface area contributed by atoms with E-state index in [4.69, 9.17) is 0 Å². The van der Waals surface area contributed by atoms with Crippen LogP contribution in [0.2, 0.25) is 0 Å². The third-order valence-corrected chi connectivity index (χ3v) is 2.79. The van der Waals surface area contributed by atoms with Crippen molar-refractivity contribution in [2.75, 3.05) is 0 Å². The molecular weight excluding hydrogens is 289 g/mol. The minimum absolute atomic E-state index is 0.527. The molecule has 2 aromatic carbocycles. The van der Waals surface area contributed by atoms with Crippen molar-refractivity contribution in [2.24, 2.45) is 0 Å². The van der Waals surface area contributed by atoms with E-state index < -0.39 is 63.5 Å². The van der Waals surface area contributed by atoms with Crippen molar-refractivity contribution in [1.82, 2.24) is 0 Å². The van der Waals surface area contributed by atoms with Gasteiger partial charge in [-0.1, -0.05) is 6.08 Å². The molecular formula is C13H5F7. The maximum Gasteiger partial charge on any atom is 0.198 e. The van der Waals surface area contributed by atoms with Gasteiger partial charge in [-0.05, 0) is 6.42 Å². The summed E-state index contributed by atoms with van der Waals surface area (Å²) in [6, 6.07) is 0. The van der Waals surface area contributed by atoms with Gasteiger partial charge >= 0.3 is 0 Å². The molecule has 0 radical (unpaired) electrons. The maximum atomic E-state index is 13.6. The van der Waals surface area contributed by atoms with Gasteiger partial charge in [0.1, 0.15) is 0 Å². The monoisotopic (exact) mass is 294 g/mol. The van der Waals surface area contributed by atoms with Crippen LogP contribution in [0.3, 0.4) is 0 Å². The Morgan fingerprint density at radius 2 is 1.00 bits per heavy atom. The average molecular weight is 294 g/mol. The summed E-state index contributed by atoms with van der Waals surface area (Å²) in [6.45, 7) is 3.18. The Morgan fingerprint density at radius 1 is 0.600 bits per heavy atom. The smallest absolute Gasteiger partial charge is 0.198 e. The first-order chi connectivity index (χ1) is 9.32. The number of allylic oxidation sites excluding steroid dienone is 1. The second kappa shape index (κ2) is 4.81. The zero-order chi connectivity index (χ0) is 15.2. The zero-order valence-electron chi connectivity index (χ0n) is 9.64. The molecule has 0 saturated carbocycles. The maximum absolute atomic E-state index is 13.6. The van der Waals surface area contributed by atoms with Gasteiger partial charge in [-0.3, -0.25) is 0 Å². The fourth-order valence-electron chi connectivity index (χ4n) is 1.91. The number of halogens is 7. The van der Waals surface area contributed by atoms with E-state index in [1.807, 2.05) is 0 Å². The number of hydrogen-bond donors (Lipinski definition) is 0. The number of fused-ring (bicyclic) bond motifs is 1. The molecule has 106 valence electrons. The van der Waals surface area contributed by atoms with Gasteiger partial charge in [-0.2, -0.15) is 0 Å². The minimum atomic E-state index is -2.30. The topological polar surface area (TPSA) is 0 Å². The Labute approximate surface area is 108 Å². The van der Waals surface area contributed by atoms with Crippen LogP contribution < -0.4 is 0 Å². The molecule has 7 heteroatoms. The average Bonchev–Trinajstić information content (AvgIpc) is 2.43. The van der Waals surface area contributed by atoms with Crippen molar-refractivity contribution in [3.05, 3.63) is 58.9 Å². The summed E-state index contributed by atoms with van der Waals surface area (Å²) >= 11 is 0. The highest BCUT2D eigenvalue weighted by molar-refractivity contribution is 5.88. The molecule has 2 aromatic rings. The molecule has 0 amide bonds. The van der Waals surface area contributed by atoms with Crippen LogP contribution in [0.15, 0.2) is 12.7 Å². The van der Waals surface area contributed by atoms with Gasteiger partial charge in [0.25, 0.3) is 0 Å². The molecule has 0 saturated heterocycles. The summed E-state index contributed by atoms with van der Waals surface area (Å²) in [6.07, 6.45) is 0.467. The van der Waals surface area contributed by atoms with E-state index in [0.29, 0.717) is 0 Å². The van der Waals surface area contributed by atoms with Crippen molar-refractivity contribution in [1.29, 1.82) is 0 Å². The van der Waals surface area contributed by atoms with Crippen LogP contribution in [0.1, 0.15) is 5.56 Å². The van der Waals surface area contributed by atoms with Crippen LogP contribution in [-0.2, 0) is 6.42 Å². The Kier molecular flexibility index (Phi) is 3.45. The first-order valence-corrected chi connectivity index (χ1v) is 5.24. The molecule has 0 spiro atoms. The van der Waals surface area contributed by atoms with E-state index in [1.165, 1.54) is 0 Å². The van der Waals surface area contributed by atoms with Crippen LogP contribution in [-0.4, -0.2) is 0 Å². The van der Waals surface area contributed by atoms with E-state index in [1.54, 1.807) is 0 Å². The van der Waals surface area contributed by atoms with E-state index in [0.717, 1.165) is 6.08 Å². The van der Waals surface area contributed by atoms with E-state index >= 15 is 0 Å². The highest BCUT2D eigenvalue weighted by atomic mass is 19.2. The van der Waals surface area contributed by atoms with Crippen molar-refractivity contribution in [3.8, 4) is 0 Å². The quantitative estimate of drug-likeness (QED) is 0.330. The van der Waals surface area contributed by atoms with Crippen molar-refractivity contribution in [2.45, 2.75) is 6.42 Å². The lowest BCUT2D eigenvalue weighted by Gasteiger charge is -2.12. The van der Waals surface area contributed by atoms with Gasteiger partial charge in [0.2, 0.25) is 0 Å². The standard InChI is InChI=1S/C13H5F7/c1-2-3-4-5-6(9(16)11(18)7(4)14)10(17)13(20)12(19)8(5)15/h2H,1,3H2. The van der Waals surface area contributed by atoms with E-state index in [-0.39, 0.29) is 0 Å². The van der Waals surface area contributed by atoms with Crippen LogP contribution in [0.5, 0.6) is 0 Å². The molecule has 0 aromatic heterocycles. The lowest BCUT2D eigenvalue weighted by atomic mass is 9.99. The summed E-state index contributed by atoms with van der Waals surface area (Å²) in [7, 11) is 0. The third-order valence-electron chi connectivity index (χ3n) is 2.79. The van der Waals surface area contributed by atoms with Gasteiger partial charge in [-0.15, -0.1) is 6.58 Å². The Balaban J connectivity index is 3.17. The molecule has 2 rings (SSSR count). The largest absolute Gasteiger partial charge is 0.203 e. The number of rotatable bonds is 2. The summed E-state index contributed by atoms with van der Waals surface area (Å²) in [4.78, 5) is 0. The lowest BCUT2D eigenvalue weighted by molar-refractivity contribution is 0.409. The van der Waals surface area contributed by atoms with E-state index in [2.05, 4.69) is 6.58 Å². The number of hydrogen-bond acceptors (Lipinski definition) is 0. The number of benzene rings is 2. The van der Waals surface area contributed by atoms with Crippen molar-refractivity contribution in [3.63, 3.8) is 0 Å². The van der Waals surface area contributed by atoms with Gasteiger partial charge in [0.15, 0.2) is 40.7 Å². The molecule has 0 atom stereocenters. The van der Waals surface area contributed by atoms with Gasteiger partial charge in [0.05, 0.1) is 5.39 Å². The molecule has 0 N–H and O–H groups in total. The molecule has 0 nitrogen and oxygen atoms in total. The SMILES string of the molecule is C=CCc1c(F)c(F)c(F)c2c(F)c(F)c(F)c(F)c12. The second-order valence-electron chi connectivity index (χ2n) is 3.92. The summed E-state index contributed by atoms with van der Waals surface area (Å²) in [5.74, 6) is -14.7. The van der Waals surface area contributed by atoms with Crippen LogP contribution in [0.4, 0.5) is 30.7 Å². The highest BCUT2D eigenvalue weighted by Gasteiger charge is 2.29. The Bertz CT molecular complexity index is 726. The molecule has 0 aliphatic carbocycles. The van der Waals surface area contributed by atoms with Crippen molar-refractivity contribution >= 4 is 10.8 Å². The first-order valence-electron chi connectivity index (χ1n) is 5.24. The summed E-state index contributed by atoms with van der Waals surface area (Å²) in [5, 5.41) is -2.66. The lowest BCUT2D eigenvalue weighted by Crippen LogP contribution is -2.07. The van der Waals surface area contributed by atoms with Gasteiger partial charge in [-0.25, -0.2) is 30.7 Å². The first kappa shape index (κ1) is 14.4. The van der Waals surface area contributed by atoms with Crippen molar-refractivity contribution < 1.29 is 30.7 Å². The Hall–Kier alpha value is -2.05. The predicted octanol–water partition coefficient (Wildman–Crippen LogP) is 4.54. The summed E-state index contributed by atoms with van der Waals surface area (Å²) < 4.78 is 93.7. The van der Waals surface area contributed by atoms with Crippen LogP contribution in [0, 0.1) is 40.7 Å². The minimum Gasteiger partial charge on any atom is -0.203 e. The molecule has 0 fully saturated rings. The Morgan fingerprint density at radius 3 is 1.45 bits per heavy atom. The third kappa shape index (κ3) is 1.76. The van der Waals surface area contributed by atoms with Crippen LogP contribution >= 0.6 is 0 Å². The fourth-order valence-corrected chi connectivity index (χ4v) is 1.91. The molecule has 0 unspecified atom stereocenters. The molecule has 20 heavy (non-hydrogen) atoms. The molecule has 0 heterocycles. The molecule has 0 bridgehead atoms. The predicted molar refractivity (Wildman–Crippen MR) is 57.6 cm³/mol. The molecule has 0 aliphatic heterocycles. The molecule has 0 aliphatic rings. The van der Waals surface area contributed by atoms with Gasteiger partial charge in [0, 0.05) is 10.9 Å². The zero-order valence-corrected chi connectivity index (χ0v) is 9.64. The normalized spacial score (nSPS) is 11.2. The fraction of sp³-hybridized carbons (Fsp3) is 0.0769. The second-order valence-corrected chi connectivity index (χ2v) is 3.92. The van der Waals surface area contributed by atoms with Gasteiger partial charge < -0.3 is 0 Å². The van der Waals surface area contributed by atoms with Crippen LogP contribution in [0.25, 0.3) is 10.8 Å².